The molecule has 2 aromatic heterocycles. The van der Waals surface area contributed by atoms with Crippen LogP contribution in [0.5, 0.6) is 0 Å². The molecule has 0 atom stereocenters. The standard InChI is InChI=1S/C24H20ClN3O4/c1-15-22(23(30)24(31)27-18-10-12-26-21(29)14-18)19-4-2-3-5-20(19)28(15)32-13-11-16-6-8-17(25)9-7-16/h2-10,12,14H,11,13H2,1H3,(H2,26,27,29,31). The topological polar surface area (TPSA) is 93.2 Å². The van der Waals surface area contributed by atoms with Crippen molar-refractivity contribution in [3.05, 3.63) is 99.1 Å². The predicted octanol–water partition coefficient (Wildman–Crippen LogP) is 3.78. The van der Waals surface area contributed by atoms with E-state index in [1.807, 2.05) is 36.4 Å². The van der Waals surface area contributed by atoms with E-state index in [4.69, 9.17) is 16.4 Å². The number of amides is 1. The molecule has 0 unspecified atom stereocenters. The number of halogens is 1. The molecule has 0 aliphatic heterocycles. The van der Waals surface area contributed by atoms with Gasteiger partial charge in [0.05, 0.1) is 16.8 Å². The number of rotatable bonds is 7. The Morgan fingerprint density at radius 2 is 1.84 bits per heavy atom. The number of carbonyl (C=O) groups is 2. The van der Waals surface area contributed by atoms with E-state index in [0.717, 1.165) is 5.56 Å². The van der Waals surface area contributed by atoms with Crippen LogP contribution in [0.4, 0.5) is 5.69 Å². The maximum absolute atomic E-state index is 13.0. The Labute approximate surface area is 188 Å². The fraction of sp³-hybridized carbons (Fsp3) is 0.125. The quantitative estimate of drug-likeness (QED) is 0.331. The highest BCUT2D eigenvalue weighted by molar-refractivity contribution is 6.48. The molecule has 32 heavy (non-hydrogen) atoms. The van der Waals surface area contributed by atoms with Crippen molar-refractivity contribution < 1.29 is 14.4 Å². The van der Waals surface area contributed by atoms with Gasteiger partial charge in [-0.1, -0.05) is 41.9 Å². The first kappa shape index (κ1) is 21.4. The summed E-state index contributed by atoms with van der Waals surface area (Å²) in [5.41, 5.74) is 2.40. The molecule has 4 aromatic rings. The molecule has 2 heterocycles. The number of H-pyrrole nitrogens is 1. The monoisotopic (exact) mass is 449 g/mol. The van der Waals surface area contributed by atoms with Gasteiger partial charge in [0.25, 0.3) is 11.7 Å². The molecule has 0 radical (unpaired) electrons. The number of fused-ring (bicyclic) bond motifs is 1. The van der Waals surface area contributed by atoms with Crippen molar-refractivity contribution in [2.75, 3.05) is 11.9 Å². The largest absolute Gasteiger partial charge is 0.413 e. The van der Waals surface area contributed by atoms with Crippen molar-refractivity contribution in [1.29, 1.82) is 0 Å². The maximum Gasteiger partial charge on any atom is 0.296 e. The second-order valence-corrected chi connectivity index (χ2v) is 7.64. The van der Waals surface area contributed by atoms with Gasteiger partial charge in [0, 0.05) is 34.8 Å². The smallest absolute Gasteiger partial charge is 0.296 e. The second kappa shape index (κ2) is 9.11. The van der Waals surface area contributed by atoms with Crippen molar-refractivity contribution in [3.8, 4) is 0 Å². The van der Waals surface area contributed by atoms with E-state index in [0.29, 0.717) is 34.6 Å². The summed E-state index contributed by atoms with van der Waals surface area (Å²) in [6.07, 6.45) is 2.05. The average Bonchev–Trinajstić information content (AvgIpc) is 3.06. The Morgan fingerprint density at radius 1 is 1.09 bits per heavy atom. The SMILES string of the molecule is Cc1c(C(=O)C(=O)Nc2cc[nH]c(=O)c2)c2ccccc2n1OCCc1ccc(Cl)cc1. The molecule has 0 fully saturated rings. The first-order valence-electron chi connectivity index (χ1n) is 9.96. The number of pyridine rings is 1. The second-order valence-electron chi connectivity index (χ2n) is 7.21. The summed E-state index contributed by atoms with van der Waals surface area (Å²) in [6, 6.07) is 17.5. The van der Waals surface area contributed by atoms with Crippen LogP contribution < -0.4 is 15.7 Å². The van der Waals surface area contributed by atoms with E-state index in [1.54, 1.807) is 23.8 Å². The van der Waals surface area contributed by atoms with E-state index in [2.05, 4.69) is 10.3 Å². The number of para-hydroxylation sites is 1. The third-order valence-corrected chi connectivity index (χ3v) is 5.30. The Bertz CT molecular complexity index is 1360. The van der Waals surface area contributed by atoms with E-state index in [-0.39, 0.29) is 16.8 Å². The molecule has 0 saturated carbocycles. The van der Waals surface area contributed by atoms with Gasteiger partial charge >= 0.3 is 0 Å². The Balaban J connectivity index is 1.58. The van der Waals surface area contributed by atoms with Gasteiger partial charge in [-0.25, -0.2) is 0 Å². The summed E-state index contributed by atoms with van der Waals surface area (Å²) >= 11 is 5.93. The number of Topliss-reactive ketones (excluding diaryl/α,β-unsaturated/α-hetero) is 1. The van der Waals surface area contributed by atoms with Crippen LogP contribution in [0.15, 0.2) is 71.7 Å². The fourth-order valence-corrected chi connectivity index (χ4v) is 3.65. The van der Waals surface area contributed by atoms with Crippen LogP contribution in [-0.4, -0.2) is 28.0 Å². The zero-order valence-corrected chi connectivity index (χ0v) is 18.0. The van der Waals surface area contributed by atoms with Gasteiger partial charge in [0.1, 0.15) is 6.61 Å². The van der Waals surface area contributed by atoms with Gasteiger partial charge in [0.15, 0.2) is 0 Å². The number of benzene rings is 2. The lowest BCUT2D eigenvalue weighted by molar-refractivity contribution is -0.112. The van der Waals surface area contributed by atoms with Crippen molar-refractivity contribution >= 4 is 39.9 Å². The van der Waals surface area contributed by atoms with Crippen LogP contribution in [0.3, 0.4) is 0 Å². The lowest BCUT2D eigenvalue weighted by Crippen LogP contribution is -2.24. The number of nitrogens with zero attached hydrogens (tertiary/aromatic N) is 1. The summed E-state index contributed by atoms with van der Waals surface area (Å²) in [4.78, 5) is 45.5. The van der Waals surface area contributed by atoms with Gasteiger partial charge in [-0.3, -0.25) is 14.4 Å². The number of anilines is 1. The van der Waals surface area contributed by atoms with Crippen molar-refractivity contribution in [3.63, 3.8) is 0 Å². The summed E-state index contributed by atoms with van der Waals surface area (Å²) in [7, 11) is 0. The highest BCUT2D eigenvalue weighted by Gasteiger charge is 2.26. The number of hydrogen-bond donors (Lipinski definition) is 2. The molecule has 2 aromatic carbocycles. The molecule has 0 aliphatic rings. The zero-order chi connectivity index (χ0) is 22.7. The van der Waals surface area contributed by atoms with Crippen LogP contribution in [0.25, 0.3) is 10.9 Å². The highest BCUT2D eigenvalue weighted by atomic mass is 35.5. The minimum absolute atomic E-state index is 0.243. The van der Waals surface area contributed by atoms with E-state index in [1.165, 1.54) is 18.3 Å². The Morgan fingerprint density at radius 3 is 2.59 bits per heavy atom. The molecular formula is C24H20ClN3O4. The summed E-state index contributed by atoms with van der Waals surface area (Å²) < 4.78 is 1.58. The number of carbonyl (C=O) groups excluding carboxylic acids is 2. The molecule has 0 spiro atoms. The summed E-state index contributed by atoms with van der Waals surface area (Å²) in [6.45, 7) is 2.10. The molecule has 8 heteroatoms. The third kappa shape index (κ3) is 4.43. The van der Waals surface area contributed by atoms with E-state index >= 15 is 0 Å². The number of aromatic nitrogens is 2. The number of hydrogen-bond acceptors (Lipinski definition) is 4. The molecule has 162 valence electrons. The number of nitrogens with one attached hydrogen (secondary N) is 2. The molecule has 0 bridgehead atoms. The lowest BCUT2D eigenvalue weighted by Gasteiger charge is -2.11. The fourth-order valence-electron chi connectivity index (χ4n) is 3.52. The van der Waals surface area contributed by atoms with Gasteiger partial charge in [-0.15, -0.1) is 0 Å². The van der Waals surface area contributed by atoms with Gasteiger partial charge in [0.2, 0.25) is 5.56 Å². The minimum Gasteiger partial charge on any atom is -0.413 e. The van der Waals surface area contributed by atoms with E-state index in [9.17, 15) is 14.4 Å². The first-order valence-corrected chi connectivity index (χ1v) is 10.3. The molecule has 2 N–H and O–H groups in total. The van der Waals surface area contributed by atoms with E-state index < -0.39 is 11.7 Å². The van der Waals surface area contributed by atoms with Gasteiger partial charge in [-0.05, 0) is 36.8 Å². The zero-order valence-electron chi connectivity index (χ0n) is 17.2. The highest BCUT2D eigenvalue weighted by Crippen LogP contribution is 2.26. The lowest BCUT2D eigenvalue weighted by atomic mass is 10.1. The Kier molecular flexibility index (Phi) is 6.09. The van der Waals surface area contributed by atoms with Gasteiger partial charge in [-0.2, -0.15) is 4.73 Å². The van der Waals surface area contributed by atoms with Crippen LogP contribution in [0.1, 0.15) is 21.6 Å². The summed E-state index contributed by atoms with van der Waals surface area (Å²) in [5.74, 6) is -1.54. The molecule has 7 nitrogen and oxygen atoms in total. The molecule has 4 rings (SSSR count). The van der Waals surface area contributed by atoms with Crippen LogP contribution in [0, 0.1) is 6.92 Å². The number of aromatic amines is 1. The van der Waals surface area contributed by atoms with Crippen molar-refractivity contribution in [1.82, 2.24) is 9.71 Å². The maximum atomic E-state index is 13.0. The van der Waals surface area contributed by atoms with Crippen LogP contribution >= 0.6 is 11.6 Å². The van der Waals surface area contributed by atoms with Gasteiger partial charge < -0.3 is 15.1 Å². The predicted molar refractivity (Wildman–Crippen MR) is 123 cm³/mol. The minimum atomic E-state index is -0.831. The Hall–Kier alpha value is -3.84. The average molecular weight is 450 g/mol. The van der Waals surface area contributed by atoms with Crippen molar-refractivity contribution in [2.45, 2.75) is 13.3 Å². The normalized spacial score (nSPS) is 10.8. The number of ketones is 1. The van der Waals surface area contributed by atoms with Crippen LogP contribution in [-0.2, 0) is 11.2 Å². The molecule has 0 aliphatic carbocycles. The van der Waals surface area contributed by atoms with Crippen LogP contribution in [0.2, 0.25) is 5.02 Å². The third-order valence-electron chi connectivity index (χ3n) is 5.05. The molecule has 0 saturated heterocycles. The molecule has 1 amide bonds. The summed E-state index contributed by atoms with van der Waals surface area (Å²) in [5, 5.41) is 3.77. The molecular weight excluding hydrogens is 430 g/mol. The first-order chi connectivity index (χ1) is 15.4. The van der Waals surface area contributed by atoms with Crippen molar-refractivity contribution in [2.24, 2.45) is 0 Å².